The number of unbranched alkanes of at least 4 members (excludes halogenated alkanes) is 1. The number of likely N-dealkylation sites (tertiary alicyclic amines) is 1. The largest absolute Gasteiger partial charge is 0.449 e. The number of carbonyl (C=O) groups excluding carboxylic acids is 1. The van der Waals surface area contributed by atoms with E-state index in [0.29, 0.717) is 12.6 Å². The van der Waals surface area contributed by atoms with Crippen LogP contribution in [0.15, 0.2) is 30.3 Å². The summed E-state index contributed by atoms with van der Waals surface area (Å²) in [7, 11) is 2.11. The zero-order valence-electron chi connectivity index (χ0n) is 12.4. The second-order valence-electron chi connectivity index (χ2n) is 5.43. The Labute approximate surface area is 121 Å². The topological polar surface area (TPSA) is 32.8 Å². The number of carbonyl (C=O) groups is 1. The number of hydrogen-bond donors (Lipinski definition) is 0. The molecule has 0 radical (unpaired) electrons. The molecule has 1 aromatic rings. The summed E-state index contributed by atoms with van der Waals surface area (Å²) in [6.07, 6.45) is 1.83. The van der Waals surface area contributed by atoms with Gasteiger partial charge in [0.05, 0.1) is 6.61 Å². The van der Waals surface area contributed by atoms with E-state index in [1.165, 1.54) is 5.56 Å². The number of rotatable bonds is 6. The summed E-state index contributed by atoms with van der Waals surface area (Å²) in [5, 5.41) is 0. The number of benzene rings is 1. The molecule has 1 saturated heterocycles. The molecule has 110 valence electrons. The molecule has 4 nitrogen and oxygen atoms in total. The molecule has 4 heteroatoms. The second kappa shape index (κ2) is 7.29. The lowest BCUT2D eigenvalue weighted by atomic mass is 10.1. The molecule has 0 atom stereocenters. The maximum Gasteiger partial charge on any atom is 0.409 e. The Morgan fingerprint density at radius 1 is 1.35 bits per heavy atom. The highest BCUT2D eigenvalue weighted by Gasteiger charge is 2.34. The lowest BCUT2D eigenvalue weighted by molar-refractivity contribution is 0.0279. The van der Waals surface area contributed by atoms with Crippen LogP contribution in [0.2, 0.25) is 0 Å². The first kappa shape index (κ1) is 14.9. The Morgan fingerprint density at radius 2 is 2.05 bits per heavy atom. The van der Waals surface area contributed by atoms with Crippen LogP contribution in [0.4, 0.5) is 4.79 Å². The van der Waals surface area contributed by atoms with Gasteiger partial charge in [-0.25, -0.2) is 4.79 Å². The van der Waals surface area contributed by atoms with Crippen molar-refractivity contribution >= 4 is 6.09 Å². The third-order valence-electron chi connectivity index (χ3n) is 3.74. The molecule has 1 aliphatic heterocycles. The van der Waals surface area contributed by atoms with Gasteiger partial charge >= 0.3 is 6.09 Å². The van der Waals surface area contributed by atoms with E-state index in [1.54, 1.807) is 4.90 Å². The molecule has 0 spiro atoms. The van der Waals surface area contributed by atoms with Crippen LogP contribution < -0.4 is 0 Å². The molecule has 1 fully saturated rings. The molecule has 0 N–H and O–H groups in total. The SMILES string of the molecule is CCCCOC(=O)N1CC(N(C)Cc2ccccc2)C1. The van der Waals surface area contributed by atoms with E-state index in [2.05, 4.69) is 43.1 Å². The molecule has 1 aliphatic rings. The standard InChI is InChI=1S/C16H24N2O2/c1-3-4-10-20-16(19)18-12-15(13-18)17(2)11-14-8-6-5-7-9-14/h5-9,15H,3-4,10-13H2,1-2H3. The van der Waals surface area contributed by atoms with Crippen LogP contribution in [-0.4, -0.2) is 48.7 Å². The van der Waals surface area contributed by atoms with Crippen molar-refractivity contribution in [2.24, 2.45) is 0 Å². The normalized spacial score (nSPS) is 15.2. The molecular formula is C16H24N2O2. The molecule has 2 rings (SSSR count). The minimum absolute atomic E-state index is 0.164. The molecule has 1 aromatic carbocycles. The maximum atomic E-state index is 11.7. The quantitative estimate of drug-likeness (QED) is 0.749. The van der Waals surface area contributed by atoms with Gasteiger partial charge in [0.25, 0.3) is 0 Å². The number of hydrogen-bond acceptors (Lipinski definition) is 3. The fourth-order valence-corrected chi connectivity index (χ4v) is 2.28. The molecular weight excluding hydrogens is 252 g/mol. The summed E-state index contributed by atoms with van der Waals surface area (Å²) in [6, 6.07) is 10.8. The van der Waals surface area contributed by atoms with Crippen LogP contribution >= 0.6 is 0 Å². The van der Waals surface area contributed by atoms with Crippen molar-refractivity contribution in [3.63, 3.8) is 0 Å². The summed E-state index contributed by atoms with van der Waals surface area (Å²) < 4.78 is 5.20. The molecule has 20 heavy (non-hydrogen) atoms. The van der Waals surface area contributed by atoms with Gasteiger partial charge < -0.3 is 9.64 Å². The van der Waals surface area contributed by atoms with Crippen LogP contribution in [0, 0.1) is 0 Å². The smallest absolute Gasteiger partial charge is 0.409 e. The first-order valence-electron chi connectivity index (χ1n) is 7.36. The van der Waals surface area contributed by atoms with E-state index in [1.807, 2.05) is 6.07 Å². The third-order valence-corrected chi connectivity index (χ3v) is 3.74. The van der Waals surface area contributed by atoms with E-state index in [9.17, 15) is 4.79 Å². The van der Waals surface area contributed by atoms with Crippen LogP contribution in [0.25, 0.3) is 0 Å². The summed E-state index contributed by atoms with van der Waals surface area (Å²) >= 11 is 0. The Balaban J connectivity index is 1.69. The van der Waals surface area contributed by atoms with Crippen molar-refractivity contribution in [3.05, 3.63) is 35.9 Å². The molecule has 0 aliphatic carbocycles. The molecule has 0 unspecified atom stereocenters. The summed E-state index contributed by atoms with van der Waals surface area (Å²) in [5.41, 5.74) is 1.30. The monoisotopic (exact) mass is 276 g/mol. The number of likely N-dealkylation sites (N-methyl/N-ethyl adjacent to an activating group) is 1. The maximum absolute atomic E-state index is 11.7. The Morgan fingerprint density at radius 3 is 2.70 bits per heavy atom. The Kier molecular flexibility index (Phi) is 5.41. The van der Waals surface area contributed by atoms with Crippen LogP contribution in [0.1, 0.15) is 25.3 Å². The lowest BCUT2D eigenvalue weighted by Gasteiger charge is -2.43. The molecule has 1 amide bonds. The van der Waals surface area contributed by atoms with Crippen molar-refractivity contribution in [2.75, 3.05) is 26.7 Å². The van der Waals surface area contributed by atoms with Crippen LogP contribution in [0.3, 0.4) is 0 Å². The van der Waals surface area contributed by atoms with Crippen LogP contribution in [-0.2, 0) is 11.3 Å². The van der Waals surface area contributed by atoms with Crippen molar-refractivity contribution in [1.82, 2.24) is 9.80 Å². The van der Waals surface area contributed by atoms with Crippen molar-refractivity contribution < 1.29 is 9.53 Å². The minimum atomic E-state index is -0.164. The second-order valence-corrected chi connectivity index (χ2v) is 5.43. The molecule has 0 saturated carbocycles. The van der Waals surface area contributed by atoms with E-state index >= 15 is 0 Å². The van der Waals surface area contributed by atoms with Gasteiger partial charge in [0.15, 0.2) is 0 Å². The highest BCUT2D eigenvalue weighted by atomic mass is 16.6. The van der Waals surface area contributed by atoms with E-state index in [4.69, 9.17) is 4.74 Å². The number of nitrogens with zero attached hydrogens (tertiary/aromatic N) is 2. The fourth-order valence-electron chi connectivity index (χ4n) is 2.28. The lowest BCUT2D eigenvalue weighted by Crippen LogP contribution is -2.60. The van der Waals surface area contributed by atoms with Gasteiger partial charge in [0, 0.05) is 25.7 Å². The summed E-state index contributed by atoms with van der Waals surface area (Å²) in [4.78, 5) is 15.8. The highest BCUT2D eigenvalue weighted by Crippen LogP contribution is 2.17. The van der Waals surface area contributed by atoms with E-state index < -0.39 is 0 Å². The first-order valence-corrected chi connectivity index (χ1v) is 7.36. The number of ether oxygens (including phenoxy) is 1. The van der Waals surface area contributed by atoms with E-state index in [-0.39, 0.29) is 6.09 Å². The van der Waals surface area contributed by atoms with Gasteiger partial charge in [-0.3, -0.25) is 4.90 Å². The van der Waals surface area contributed by atoms with E-state index in [0.717, 1.165) is 32.5 Å². The number of amides is 1. The van der Waals surface area contributed by atoms with Crippen molar-refractivity contribution in [1.29, 1.82) is 0 Å². The zero-order chi connectivity index (χ0) is 14.4. The molecule has 1 heterocycles. The third kappa shape index (κ3) is 3.97. The van der Waals surface area contributed by atoms with Crippen LogP contribution in [0.5, 0.6) is 0 Å². The summed E-state index contributed by atoms with van der Waals surface area (Å²) in [6.45, 7) is 5.09. The average molecular weight is 276 g/mol. The molecule has 0 bridgehead atoms. The Hall–Kier alpha value is -1.55. The average Bonchev–Trinajstić information content (AvgIpc) is 2.38. The first-order chi connectivity index (χ1) is 9.70. The van der Waals surface area contributed by atoms with Gasteiger partial charge in [-0.2, -0.15) is 0 Å². The minimum Gasteiger partial charge on any atom is -0.449 e. The van der Waals surface area contributed by atoms with Gasteiger partial charge in [0.1, 0.15) is 0 Å². The predicted octanol–water partition coefficient (Wildman–Crippen LogP) is 2.74. The van der Waals surface area contributed by atoms with Gasteiger partial charge in [0.2, 0.25) is 0 Å². The summed E-state index contributed by atoms with van der Waals surface area (Å²) in [5.74, 6) is 0. The Bertz CT molecular complexity index is 416. The fraction of sp³-hybridized carbons (Fsp3) is 0.562. The molecule has 0 aromatic heterocycles. The highest BCUT2D eigenvalue weighted by molar-refractivity contribution is 5.68. The zero-order valence-corrected chi connectivity index (χ0v) is 12.4. The van der Waals surface area contributed by atoms with Crippen molar-refractivity contribution in [2.45, 2.75) is 32.4 Å². The van der Waals surface area contributed by atoms with Gasteiger partial charge in [-0.15, -0.1) is 0 Å². The van der Waals surface area contributed by atoms with Gasteiger partial charge in [-0.05, 0) is 19.0 Å². The predicted molar refractivity (Wildman–Crippen MR) is 79.5 cm³/mol. The van der Waals surface area contributed by atoms with Crippen molar-refractivity contribution in [3.8, 4) is 0 Å². The van der Waals surface area contributed by atoms with Gasteiger partial charge in [-0.1, -0.05) is 43.7 Å².